The van der Waals surface area contributed by atoms with Crippen LogP contribution in [0.2, 0.25) is 0 Å². The third kappa shape index (κ3) is 4.43. The number of aliphatic hydroxyl groups is 1. The Labute approximate surface area is 130 Å². The van der Waals surface area contributed by atoms with Crippen molar-refractivity contribution in [2.24, 2.45) is 11.8 Å². The minimum atomic E-state index is -0.382. The van der Waals surface area contributed by atoms with E-state index in [2.05, 4.69) is 16.7 Å². The van der Waals surface area contributed by atoms with Crippen LogP contribution in [-0.2, 0) is 0 Å². The Kier molecular flexibility index (Phi) is 5.23. The Bertz CT molecular complexity index is 319. The largest absolute Gasteiger partial charge is 0.389 e. The van der Waals surface area contributed by atoms with Crippen LogP contribution < -0.4 is 0 Å². The molecule has 0 radical (unpaired) electrons. The van der Waals surface area contributed by atoms with Crippen molar-refractivity contribution in [3.63, 3.8) is 0 Å². The summed E-state index contributed by atoms with van der Waals surface area (Å²) in [4.78, 5) is 5.22. The lowest BCUT2D eigenvalue weighted by Gasteiger charge is -2.38. The average molecular weight is 294 g/mol. The van der Waals surface area contributed by atoms with Crippen molar-refractivity contribution in [2.45, 2.75) is 63.9 Å². The first-order valence-corrected chi connectivity index (χ1v) is 9.30. The Balaban J connectivity index is 1.41. The highest BCUT2D eigenvalue weighted by atomic mass is 16.3. The second kappa shape index (κ2) is 6.97. The molecule has 122 valence electrons. The van der Waals surface area contributed by atoms with Gasteiger partial charge in [-0.2, -0.15) is 0 Å². The zero-order valence-corrected chi connectivity index (χ0v) is 13.9. The molecule has 2 aliphatic heterocycles. The Morgan fingerprint density at radius 1 is 0.952 bits per heavy atom. The summed E-state index contributed by atoms with van der Waals surface area (Å²) in [5.41, 5.74) is -0.382. The van der Waals surface area contributed by atoms with Gasteiger partial charge in [-0.25, -0.2) is 0 Å². The number of nitrogens with zero attached hydrogens (tertiary/aromatic N) is 2. The summed E-state index contributed by atoms with van der Waals surface area (Å²) < 4.78 is 0. The van der Waals surface area contributed by atoms with E-state index in [1.807, 2.05) is 0 Å². The number of rotatable bonds is 4. The fraction of sp³-hybridized carbons (Fsp3) is 1.00. The van der Waals surface area contributed by atoms with E-state index in [-0.39, 0.29) is 5.60 Å². The van der Waals surface area contributed by atoms with E-state index in [9.17, 15) is 5.11 Å². The summed E-state index contributed by atoms with van der Waals surface area (Å²) >= 11 is 0. The summed E-state index contributed by atoms with van der Waals surface area (Å²) in [6, 6.07) is 0. The highest BCUT2D eigenvalue weighted by Gasteiger charge is 2.36. The van der Waals surface area contributed by atoms with Crippen LogP contribution in [0.15, 0.2) is 0 Å². The van der Waals surface area contributed by atoms with Crippen molar-refractivity contribution in [3.05, 3.63) is 0 Å². The fourth-order valence-corrected chi connectivity index (χ4v) is 4.59. The van der Waals surface area contributed by atoms with Gasteiger partial charge in [0, 0.05) is 19.6 Å². The first kappa shape index (κ1) is 15.8. The molecule has 2 heterocycles. The number of piperidine rings is 1. The van der Waals surface area contributed by atoms with Crippen LogP contribution in [0.4, 0.5) is 0 Å². The van der Waals surface area contributed by atoms with Crippen LogP contribution in [0.5, 0.6) is 0 Å². The van der Waals surface area contributed by atoms with Crippen LogP contribution in [0, 0.1) is 11.8 Å². The lowest BCUT2D eigenvalue weighted by Crippen LogP contribution is -2.45. The van der Waals surface area contributed by atoms with Crippen LogP contribution >= 0.6 is 0 Å². The van der Waals surface area contributed by atoms with Gasteiger partial charge in [0.2, 0.25) is 0 Å². The van der Waals surface area contributed by atoms with E-state index in [4.69, 9.17) is 0 Å². The lowest BCUT2D eigenvalue weighted by atomic mass is 9.79. The molecule has 2 saturated heterocycles. The van der Waals surface area contributed by atoms with Crippen molar-refractivity contribution in [1.82, 2.24) is 9.80 Å². The second-order valence-corrected chi connectivity index (χ2v) is 8.16. The first-order valence-electron chi connectivity index (χ1n) is 9.30. The van der Waals surface area contributed by atoms with E-state index in [1.54, 1.807) is 0 Å². The Hall–Kier alpha value is -0.120. The molecule has 0 aromatic rings. The predicted octanol–water partition coefficient (Wildman–Crippen LogP) is 2.74. The normalized spacial score (nSPS) is 39.7. The molecular weight excluding hydrogens is 260 g/mol. The summed E-state index contributed by atoms with van der Waals surface area (Å²) in [7, 11) is 0. The summed E-state index contributed by atoms with van der Waals surface area (Å²) in [6.45, 7) is 9.60. The molecule has 0 aromatic heterocycles. The molecule has 3 rings (SSSR count). The van der Waals surface area contributed by atoms with Crippen molar-refractivity contribution < 1.29 is 5.11 Å². The van der Waals surface area contributed by atoms with E-state index in [0.29, 0.717) is 0 Å². The molecule has 1 atom stereocenters. The highest BCUT2D eigenvalue weighted by molar-refractivity contribution is 4.90. The molecule has 1 saturated carbocycles. The number of hydrogen-bond donors (Lipinski definition) is 1. The molecule has 0 spiro atoms. The minimum absolute atomic E-state index is 0.382. The topological polar surface area (TPSA) is 26.7 Å². The Morgan fingerprint density at radius 3 is 2.38 bits per heavy atom. The summed E-state index contributed by atoms with van der Waals surface area (Å²) in [6.07, 6.45) is 10.0. The molecule has 21 heavy (non-hydrogen) atoms. The molecule has 0 bridgehead atoms. The minimum Gasteiger partial charge on any atom is -0.389 e. The number of β-amino-alcohol motifs (C(OH)–C–C–N with tert-alkyl or cyclic N) is 1. The van der Waals surface area contributed by atoms with Crippen LogP contribution in [0.3, 0.4) is 0 Å². The molecule has 0 aromatic carbocycles. The number of likely N-dealkylation sites (tertiary alicyclic amines) is 2. The maximum absolute atomic E-state index is 10.8. The van der Waals surface area contributed by atoms with E-state index >= 15 is 0 Å². The van der Waals surface area contributed by atoms with Gasteiger partial charge in [0.15, 0.2) is 0 Å². The molecule has 0 amide bonds. The maximum atomic E-state index is 10.8. The molecule has 3 nitrogen and oxygen atoms in total. The van der Waals surface area contributed by atoms with E-state index in [0.717, 1.165) is 31.2 Å². The predicted molar refractivity (Wildman–Crippen MR) is 87.4 cm³/mol. The van der Waals surface area contributed by atoms with E-state index < -0.39 is 0 Å². The average Bonchev–Trinajstić information content (AvgIpc) is 2.90. The molecule has 3 fully saturated rings. The molecular formula is C18H34N2O. The summed E-state index contributed by atoms with van der Waals surface area (Å²) in [5.74, 6) is 1.66. The number of hydrogen-bond acceptors (Lipinski definition) is 3. The SMILES string of the molecule is CC1CCC(O)(CN2CCC(CN3CCCCC3)C2)CC1. The van der Waals surface area contributed by atoms with Crippen molar-refractivity contribution in [3.8, 4) is 0 Å². The van der Waals surface area contributed by atoms with Crippen LogP contribution in [0.1, 0.15) is 58.3 Å². The zero-order valence-electron chi connectivity index (χ0n) is 13.9. The highest BCUT2D eigenvalue weighted by Crippen LogP contribution is 2.33. The summed E-state index contributed by atoms with van der Waals surface area (Å²) in [5, 5.41) is 10.8. The fourth-order valence-electron chi connectivity index (χ4n) is 4.59. The van der Waals surface area contributed by atoms with Gasteiger partial charge in [0.1, 0.15) is 0 Å². The third-order valence-electron chi connectivity index (χ3n) is 6.06. The van der Waals surface area contributed by atoms with Gasteiger partial charge in [0.25, 0.3) is 0 Å². The quantitative estimate of drug-likeness (QED) is 0.863. The first-order chi connectivity index (χ1) is 10.1. The standard InChI is InChI=1S/C18H34N2O/c1-16-5-8-18(21,9-6-16)15-20-12-7-17(14-20)13-19-10-3-2-4-11-19/h16-17,21H,2-15H2,1H3. The van der Waals surface area contributed by atoms with Crippen molar-refractivity contribution in [2.75, 3.05) is 39.3 Å². The third-order valence-corrected chi connectivity index (χ3v) is 6.06. The van der Waals surface area contributed by atoms with Gasteiger partial charge in [-0.15, -0.1) is 0 Å². The molecule has 1 unspecified atom stereocenters. The van der Waals surface area contributed by atoms with Gasteiger partial charge in [0.05, 0.1) is 5.60 Å². The molecule has 3 heteroatoms. The van der Waals surface area contributed by atoms with Gasteiger partial charge in [-0.3, -0.25) is 0 Å². The molecule has 1 aliphatic carbocycles. The van der Waals surface area contributed by atoms with Gasteiger partial charge >= 0.3 is 0 Å². The van der Waals surface area contributed by atoms with Crippen LogP contribution in [-0.4, -0.2) is 59.8 Å². The van der Waals surface area contributed by atoms with Crippen molar-refractivity contribution in [1.29, 1.82) is 0 Å². The van der Waals surface area contributed by atoms with Crippen molar-refractivity contribution >= 4 is 0 Å². The zero-order chi connectivity index (χ0) is 14.7. The molecule has 1 N–H and O–H groups in total. The molecule has 3 aliphatic rings. The monoisotopic (exact) mass is 294 g/mol. The van der Waals surface area contributed by atoms with E-state index in [1.165, 1.54) is 71.2 Å². The maximum Gasteiger partial charge on any atom is 0.0774 e. The Morgan fingerprint density at radius 2 is 1.67 bits per heavy atom. The second-order valence-electron chi connectivity index (χ2n) is 8.16. The van der Waals surface area contributed by atoms with Crippen LogP contribution in [0.25, 0.3) is 0 Å². The smallest absolute Gasteiger partial charge is 0.0774 e. The van der Waals surface area contributed by atoms with Gasteiger partial charge in [-0.05, 0) is 76.4 Å². The van der Waals surface area contributed by atoms with Gasteiger partial charge in [-0.1, -0.05) is 13.3 Å². The lowest BCUT2D eigenvalue weighted by molar-refractivity contribution is -0.0314. The van der Waals surface area contributed by atoms with Gasteiger partial charge < -0.3 is 14.9 Å².